The number of hydrogen-bond donors (Lipinski definition) is 1. The molecule has 0 atom stereocenters. The van der Waals surface area contributed by atoms with Crippen LogP contribution in [0.1, 0.15) is 44.1 Å². The van der Waals surface area contributed by atoms with Gasteiger partial charge in [-0.3, -0.25) is 4.90 Å². The molecule has 3 heteroatoms. The van der Waals surface area contributed by atoms with Gasteiger partial charge in [0.05, 0.1) is 6.54 Å². The summed E-state index contributed by atoms with van der Waals surface area (Å²) in [5.41, 5.74) is 0. The Balaban J connectivity index is 1.78. The van der Waals surface area contributed by atoms with E-state index in [2.05, 4.69) is 30.3 Å². The monoisotopic (exact) mass is 250 g/mol. The summed E-state index contributed by atoms with van der Waals surface area (Å²) in [5.74, 6) is 2.10. The van der Waals surface area contributed by atoms with Crippen LogP contribution >= 0.6 is 0 Å². The Morgan fingerprint density at radius 1 is 1.28 bits per heavy atom. The highest BCUT2D eigenvalue weighted by molar-refractivity contribution is 5.05. The van der Waals surface area contributed by atoms with Crippen molar-refractivity contribution in [3.63, 3.8) is 0 Å². The summed E-state index contributed by atoms with van der Waals surface area (Å²) in [6, 6.07) is 5.59. The third kappa shape index (κ3) is 3.59. The molecule has 1 saturated carbocycles. The number of nitrogens with zero attached hydrogens (tertiary/aromatic N) is 1. The summed E-state index contributed by atoms with van der Waals surface area (Å²) in [4.78, 5) is 2.44. The summed E-state index contributed by atoms with van der Waals surface area (Å²) < 4.78 is 5.65. The lowest BCUT2D eigenvalue weighted by molar-refractivity contribution is 0.158. The van der Waals surface area contributed by atoms with E-state index in [1.807, 2.05) is 13.0 Å². The Labute approximate surface area is 111 Å². The van der Waals surface area contributed by atoms with Crippen LogP contribution in [0.25, 0.3) is 0 Å². The van der Waals surface area contributed by atoms with Gasteiger partial charge in [-0.25, -0.2) is 0 Å². The fraction of sp³-hybridized carbons (Fsp3) is 0.733. The molecule has 3 nitrogen and oxygen atoms in total. The van der Waals surface area contributed by atoms with Gasteiger partial charge < -0.3 is 9.73 Å². The van der Waals surface area contributed by atoms with Crippen molar-refractivity contribution in [3.8, 4) is 0 Å². The SMILES string of the molecule is CCNC1CCC(N(C)Cc2ccc(C)o2)CC1. The number of aryl methyl sites for hydroxylation is 1. The molecule has 1 fully saturated rings. The van der Waals surface area contributed by atoms with Gasteiger partial charge in [-0.05, 0) is 58.3 Å². The smallest absolute Gasteiger partial charge is 0.118 e. The number of furan rings is 1. The van der Waals surface area contributed by atoms with Gasteiger partial charge in [0.2, 0.25) is 0 Å². The van der Waals surface area contributed by atoms with Gasteiger partial charge in [-0.1, -0.05) is 6.92 Å². The molecule has 0 saturated heterocycles. The maximum Gasteiger partial charge on any atom is 0.118 e. The second kappa shape index (κ2) is 6.39. The molecule has 2 rings (SSSR count). The Bertz CT molecular complexity index is 353. The molecule has 1 N–H and O–H groups in total. The van der Waals surface area contributed by atoms with Crippen LogP contribution in [0, 0.1) is 6.92 Å². The van der Waals surface area contributed by atoms with Gasteiger partial charge in [-0.2, -0.15) is 0 Å². The average Bonchev–Trinajstić information content (AvgIpc) is 2.76. The highest BCUT2D eigenvalue weighted by Crippen LogP contribution is 2.23. The molecule has 0 aliphatic heterocycles. The predicted molar refractivity (Wildman–Crippen MR) is 74.6 cm³/mol. The lowest BCUT2D eigenvalue weighted by Gasteiger charge is -2.34. The van der Waals surface area contributed by atoms with Gasteiger partial charge in [0, 0.05) is 12.1 Å². The van der Waals surface area contributed by atoms with Crippen LogP contribution in [0.5, 0.6) is 0 Å². The number of hydrogen-bond acceptors (Lipinski definition) is 3. The van der Waals surface area contributed by atoms with E-state index in [1.54, 1.807) is 0 Å². The fourth-order valence-electron chi connectivity index (χ4n) is 2.95. The Morgan fingerprint density at radius 2 is 2.00 bits per heavy atom. The first-order chi connectivity index (χ1) is 8.69. The molecule has 1 aromatic rings. The number of nitrogens with one attached hydrogen (secondary N) is 1. The van der Waals surface area contributed by atoms with E-state index in [0.717, 1.165) is 30.7 Å². The first-order valence-electron chi connectivity index (χ1n) is 7.18. The van der Waals surface area contributed by atoms with E-state index in [9.17, 15) is 0 Å². The Hall–Kier alpha value is -0.800. The van der Waals surface area contributed by atoms with Crippen molar-refractivity contribution in [1.82, 2.24) is 10.2 Å². The molecule has 0 aromatic carbocycles. The van der Waals surface area contributed by atoms with Gasteiger partial charge in [0.25, 0.3) is 0 Å². The van der Waals surface area contributed by atoms with Crippen molar-refractivity contribution >= 4 is 0 Å². The predicted octanol–water partition coefficient (Wildman–Crippen LogP) is 2.94. The van der Waals surface area contributed by atoms with E-state index < -0.39 is 0 Å². The topological polar surface area (TPSA) is 28.4 Å². The van der Waals surface area contributed by atoms with Crippen LogP contribution in [0.3, 0.4) is 0 Å². The maximum atomic E-state index is 5.65. The van der Waals surface area contributed by atoms with Crippen molar-refractivity contribution in [2.45, 2.75) is 58.2 Å². The molecular weight excluding hydrogens is 224 g/mol. The third-order valence-electron chi connectivity index (χ3n) is 4.01. The minimum Gasteiger partial charge on any atom is -0.465 e. The minimum atomic E-state index is 0.713. The highest BCUT2D eigenvalue weighted by Gasteiger charge is 2.23. The molecule has 1 aromatic heterocycles. The van der Waals surface area contributed by atoms with Crippen molar-refractivity contribution in [3.05, 3.63) is 23.7 Å². The van der Waals surface area contributed by atoms with Gasteiger partial charge in [0.15, 0.2) is 0 Å². The summed E-state index contributed by atoms with van der Waals surface area (Å²) in [6.07, 6.45) is 5.21. The molecule has 102 valence electrons. The Morgan fingerprint density at radius 3 is 2.56 bits per heavy atom. The second-order valence-electron chi connectivity index (χ2n) is 5.49. The zero-order valence-corrected chi connectivity index (χ0v) is 11.9. The molecule has 1 aliphatic rings. The molecule has 0 radical (unpaired) electrons. The van der Waals surface area contributed by atoms with E-state index in [4.69, 9.17) is 4.42 Å². The van der Waals surface area contributed by atoms with Crippen molar-refractivity contribution < 1.29 is 4.42 Å². The fourth-order valence-corrected chi connectivity index (χ4v) is 2.95. The standard InChI is InChI=1S/C15H26N2O/c1-4-16-13-6-8-14(9-7-13)17(3)11-15-10-5-12(2)18-15/h5,10,13-14,16H,4,6-9,11H2,1-3H3. The van der Waals surface area contributed by atoms with Crippen LogP contribution in [0.2, 0.25) is 0 Å². The van der Waals surface area contributed by atoms with Gasteiger partial charge in [0.1, 0.15) is 11.5 Å². The second-order valence-corrected chi connectivity index (χ2v) is 5.49. The molecule has 0 spiro atoms. The van der Waals surface area contributed by atoms with E-state index in [-0.39, 0.29) is 0 Å². The molecular formula is C15H26N2O. The zero-order valence-electron chi connectivity index (χ0n) is 11.9. The van der Waals surface area contributed by atoms with E-state index in [0.29, 0.717) is 6.04 Å². The maximum absolute atomic E-state index is 5.65. The van der Waals surface area contributed by atoms with E-state index in [1.165, 1.54) is 25.7 Å². The van der Waals surface area contributed by atoms with Gasteiger partial charge in [-0.15, -0.1) is 0 Å². The quantitative estimate of drug-likeness (QED) is 0.871. The van der Waals surface area contributed by atoms with Crippen molar-refractivity contribution in [1.29, 1.82) is 0 Å². The van der Waals surface area contributed by atoms with Crippen molar-refractivity contribution in [2.75, 3.05) is 13.6 Å². The minimum absolute atomic E-state index is 0.713. The summed E-state index contributed by atoms with van der Waals surface area (Å²) in [5, 5.41) is 3.56. The molecule has 1 heterocycles. The van der Waals surface area contributed by atoms with Crippen LogP contribution in [0.15, 0.2) is 16.5 Å². The summed E-state index contributed by atoms with van der Waals surface area (Å²) >= 11 is 0. The molecule has 18 heavy (non-hydrogen) atoms. The summed E-state index contributed by atoms with van der Waals surface area (Å²) in [7, 11) is 2.22. The van der Waals surface area contributed by atoms with Crippen LogP contribution < -0.4 is 5.32 Å². The first-order valence-corrected chi connectivity index (χ1v) is 7.18. The molecule has 1 aliphatic carbocycles. The Kier molecular flexibility index (Phi) is 4.84. The average molecular weight is 250 g/mol. The number of rotatable bonds is 5. The van der Waals surface area contributed by atoms with Crippen LogP contribution in [-0.2, 0) is 6.54 Å². The lowest BCUT2D eigenvalue weighted by Crippen LogP contribution is -2.40. The highest BCUT2D eigenvalue weighted by atomic mass is 16.3. The third-order valence-corrected chi connectivity index (χ3v) is 4.01. The van der Waals surface area contributed by atoms with Crippen LogP contribution in [-0.4, -0.2) is 30.6 Å². The van der Waals surface area contributed by atoms with E-state index >= 15 is 0 Å². The normalized spacial score (nSPS) is 24.7. The van der Waals surface area contributed by atoms with Gasteiger partial charge >= 0.3 is 0 Å². The molecule has 0 amide bonds. The molecule has 0 unspecified atom stereocenters. The first kappa shape index (κ1) is 13.6. The van der Waals surface area contributed by atoms with Crippen molar-refractivity contribution in [2.24, 2.45) is 0 Å². The summed E-state index contributed by atoms with van der Waals surface area (Å²) in [6.45, 7) is 6.23. The van der Waals surface area contributed by atoms with Crippen LogP contribution in [0.4, 0.5) is 0 Å². The lowest BCUT2D eigenvalue weighted by atomic mass is 9.90. The zero-order chi connectivity index (χ0) is 13.0. The molecule has 0 bridgehead atoms. The largest absolute Gasteiger partial charge is 0.465 e.